The number of hydrogen-bond donors (Lipinski definition) is 1. The summed E-state index contributed by atoms with van der Waals surface area (Å²) in [5, 5.41) is 4.24. The van der Waals surface area contributed by atoms with Crippen LogP contribution in [-0.2, 0) is 17.9 Å². The van der Waals surface area contributed by atoms with Crippen molar-refractivity contribution in [3.63, 3.8) is 0 Å². The van der Waals surface area contributed by atoms with E-state index in [0.717, 1.165) is 31.5 Å². The van der Waals surface area contributed by atoms with E-state index in [-0.39, 0.29) is 11.8 Å². The molecule has 1 aliphatic heterocycles. The maximum Gasteiger partial charge on any atom is 0.251 e. The van der Waals surface area contributed by atoms with Crippen LogP contribution in [0.3, 0.4) is 0 Å². The van der Waals surface area contributed by atoms with Crippen molar-refractivity contribution in [1.82, 2.24) is 14.8 Å². The summed E-state index contributed by atoms with van der Waals surface area (Å²) in [5.41, 5.74) is 2.87. The molecule has 2 aromatic carbocycles. The maximum atomic E-state index is 12.5. The molecule has 0 radical (unpaired) electrons. The summed E-state index contributed by atoms with van der Waals surface area (Å²) < 4.78 is 2.22. The Bertz CT molecular complexity index is 992. The molecule has 0 unspecified atom stereocenters. The summed E-state index contributed by atoms with van der Waals surface area (Å²) in [6, 6.07) is 18.0. The SMILES string of the molecule is O=C(NCCCn1ccc2ccccc21)c1cccc(CN2CCCC2=O)c1. The number of benzene rings is 2. The van der Waals surface area contributed by atoms with Crippen molar-refractivity contribution in [2.75, 3.05) is 13.1 Å². The Morgan fingerprint density at radius 2 is 1.96 bits per heavy atom. The van der Waals surface area contributed by atoms with Gasteiger partial charge in [0.1, 0.15) is 0 Å². The molecule has 0 atom stereocenters. The highest BCUT2D eigenvalue weighted by atomic mass is 16.2. The number of rotatable bonds is 7. The molecule has 0 aliphatic carbocycles. The highest BCUT2D eigenvalue weighted by Crippen LogP contribution is 2.16. The van der Waals surface area contributed by atoms with E-state index >= 15 is 0 Å². The lowest BCUT2D eigenvalue weighted by molar-refractivity contribution is -0.128. The Morgan fingerprint density at radius 1 is 1.07 bits per heavy atom. The third-order valence-corrected chi connectivity index (χ3v) is 5.28. The van der Waals surface area contributed by atoms with Crippen LogP contribution in [0.5, 0.6) is 0 Å². The minimum Gasteiger partial charge on any atom is -0.352 e. The predicted octanol–water partition coefficient (Wildman–Crippen LogP) is 3.58. The van der Waals surface area contributed by atoms with Gasteiger partial charge in [0, 0.05) is 49.9 Å². The molecule has 1 fully saturated rings. The van der Waals surface area contributed by atoms with Crippen molar-refractivity contribution in [3.8, 4) is 0 Å². The molecule has 1 aliphatic rings. The van der Waals surface area contributed by atoms with Crippen molar-refractivity contribution in [3.05, 3.63) is 71.9 Å². The molecule has 3 aromatic rings. The van der Waals surface area contributed by atoms with Gasteiger partial charge in [0.2, 0.25) is 5.91 Å². The summed E-state index contributed by atoms with van der Waals surface area (Å²) >= 11 is 0. The van der Waals surface area contributed by atoms with Gasteiger partial charge in [-0.3, -0.25) is 9.59 Å². The van der Waals surface area contributed by atoms with Crippen LogP contribution >= 0.6 is 0 Å². The van der Waals surface area contributed by atoms with Gasteiger partial charge in [-0.25, -0.2) is 0 Å². The van der Waals surface area contributed by atoms with Crippen LogP contribution in [0.4, 0.5) is 0 Å². The highest BCUT2D eigenvalue weighted by molar-refractivity contribution is 5.94. The number of hydrogen-bond acceptors (Lipinski definition) is 2. The number of aromatic nitrogens is 1. The lowest BCUT2D eigenvalue weighted by Crippen LogP contribution is -2.26. The number of para-hydroxylation sites is 1. The number of amides is 2. The largest absolute Gasteiger partial charge is 0.352 e. The van der Waals surface area contributed by atoms with E-state index in [9.17, 15) is 9.59 Å². The van der Waals surface area contributed by atoms with Crippen LogP contribution in [-0.4, -0.2) is 34.4 Å². The molecule has 0 spiro atoms. The van der Waals surface area contributed by atoms with Crippen molar-refractivity contribution < 1.29 is 9.59 Å². The van der Waals surface area contributed by atoms with Gasteiger partial charge < -0.3 is 14.8 Å². The van der Waals surface area contributed by atoms with E-state index in [1.807, 2.05) is 41.3 Å². The zero-order valence-electron chi connectivity index (χ0n) is 15.9. The first-order valence-corrected chi connectivity index (χ1v) is 9.89. The molecule has 1 N–H and O–H groups in total. The average Bonchev–Trinajstić information content (AvgIpc) is 3.31. The van der Waals surface area contributed by atoms with E-state index in [0.29, 0.717) is 25.1 Å². The van der Waals surface area contributed by atoms with Gasteiger partial charge in [-0.1, -0.05) is 30.3 Å². The van der Waals surface area contributed by atoms with E-state index in [4.69, 9.17) is 0 Å². The molecule has 2 amide bonds. The standard InChI is InChI=1S/C23H25N3O2/c27-22-10-4-13-26(22)17-18-6-3-8-20(16-18)23(28)24-12-5-14-25-15-11-19-7-1-2-9-21(19)25/h1-3,6-9,11,15-16H,4-5,10,12-14,17H2,(H,24,28). The van der Waals surface area contributed by atoms with E-state index in [1.54, 1.807) is 0 Å². The molecular formula is C23H25N3O2. The van der Waals surface area contributed by atoms with Crippen LogP contribution in [0.25, 0.3) is 10.9 Å². The zero-order valence-corrected chi connectivity index (χ0v) is 15.9. The Labute approximate surface area is 165 Å². The summed E-state index contributed by atoms with van der Waals surface area (Å²) in [4.78, 5) is 26.1. The summed E-state index contributed by atoms with van der Waals surface area (Å²) in [7, 11) is 0. The number of fused-ring (bicyclic) bond motifs is 1. The second-order valence-corrected chi connectivity index (χ2v) is 7.30. The Kier molecular flexibility index (Phi) is 5.42. The fourth-order valence-corrected chi connectivity index (χ4v) is 3.79. The maximum absolute atomic E-state index is 12.5. The molecule has 0 bridgehead atoms. The molecule has 0 saturated carbocycles. The molecule has 5 nitrogen and oxygen atoms in total. The van der Waals surface area contributed by atoms with Gasteiger partial charge >= 0.3 is 0 Å². The van der Waals surface area contributed by atoms with Gasteiger partial charge in [-0.2, -0.15) is 0 Å². The van der Waals surface area contributed by atoms with Crippen LogP contribution in [0.15, 0.2) is 60.8 Å². The lowest BCUT2D eigenvalue weighted by Gasteiger charge is -2.16. The normalized spacial score (nSPS) is 14.0. The van der Waals surface area contributed by atoms with Gasteiger partial charge in [-0.15, -0.1) is 0 Å². The fraction of sp³-hybridized carbons (Fsp3) is 0.304. The predicted molar refractivity (Wildman–Crippen MR) is 110 cm³/mol. The third-order valence-electron chi connectivity index (χ3n) is 5.28. The first-order valence-electron chi connectivity index (χ1n) is 9.89. The number of carbonyl (C=O) groups excluding carboxylic acids is 2. The van der Waals surface area contributed by atoms with Crippen molar-refractivity contribution in [2.24, 2.45) is 0 Å². The van der Waals surface area contributed by atoms with Crippen LogP contribution < -0.4 is 5.32 Å². The first-order chi connectivity index (χ1) is 13.7. The first kappa shape index (κ1) is 18.3. The molecule has 2 heterocycles. The Hall–Kier alpha value is -3.08. The number of nitrogens with one attached hydrogen (secondary N) is 1. The smallest absolute Gasteiger partial charge is 0.251 e. The van der Waals surface area contributed by atoms with E-state index in [1.165, 1.54) is 10.9 Å². The second kappa shape index (κ2) is 8.30. The molecule has 4 rings (SSSR count). The molecular weight excluding hydrogens is 350 g/mol. The number of aryl methyl sites for hydroxylation is 1. The minimum absolute atomic E-state index is 0.0630. The van der Waals surface area contributed by atoms with Crippen molar-refractivity contribution in [2.45, 2.75) is 32.4 Å². The molecule has 5 heteroatoms. The van der Waals surface area contributed by atoms with Gasteiger partial charge in [0.25, 0.3) is 5.91 Å². The summed E-state index contributed by atoms with van der Waals surface area (Å²) in [6.07, 6.45) is 4.52. The molecule has 28 heavy (non-hydrogen) atoms. The van der Waals surface area contributed by atoms with Crippen LogP contribution in [0.2, 0.25) is 0 Å². The lowest BCUT2D eigenvalue weighted by atomic mass is 10.1. The van der Waals surface area contributed by atoms with Crippen molar-refractivity contribution >= 4 is 22.7 Å². The van der Waals surface area contributed by atoms with E-state index in [2.05, 4.69) is 34.3 Å². The van der Waals surface area contributed by atoms with Gasteiger partial charge in [0.05, 0.1) is 0 Å². The third kappa shape index (κ3) is 4.09. The quantitative estimate of drug-likeness (QED) is 0.642. The topological polar surface area (TPSA) is 54.3 Å². The molecule has 1 aromatic heterocycles. The number of carbonyl (C=O) groups is 2. The second-order valence-electron chi connectivity index (χ2n) is 7.30. The summed E-state index contributed by atoms with van der Waals surface area (Å²) in [6.45, 7) is 2.88. The van der Waals surface area contributed by atoms with Crippen molar-refractivity contribution in [1.29, 1.82) is 0 Å². The highest BCUT2D eigenvalue weighted by Gasteiger charge is 2.20. The fourth-order valence-electron chi connectivity index (χ4n) is 3.79. The van der Waals surface area contributed by atoms with Crippen LogP contribution in [0.1, 0.15) is 35.2 Å². The summed E-state index contributed by atoms with van der Waals surface area (Å²) in [5.74, 6) is 0.138. The van der Waals surface area contributed by atoms with Crippen LogP contribution in [0, 0.1) is 0 Å². The molecule has 144 valence electrons. The minimum atomic E-state index is -0.0630. The van der Waals surface area contributed by atoms with Gasteiger partial charge in [0.15, 0.2) is 0 Å². The molecule has 1 saturated heterocycles. The Balaban J connectivity index is 1.29. The van der Waals surface area contributed by atoms with E-state index < -0.39 is 0 Å². The zero-order chi connectivity index (χ0) is 19.3. The van der Waals surface area contributed by atoms with Gasteiger partial charge in [-0.05, 0) is 48.1 Å². The number of likely N-dealkylation sites (tertiary alicyclic amines) is 1. The monoisotopic (exact) mass is 375 g/mol. The average molecular weight is 375 g/mol. The Morgan fingerprint density at radius 3 is 2.82 bits per heavy atom. The number of nitrogens with zero attached hydrogens (tertiary/aromatic N) is 2.